The Labute approximate surface area is 130 Å². The summed E-state index contributed by atoms with van der Waals surface area (Å²) in [5.74, 6) is 1.48. The van der Waals surface area contributed by atoms with Crippen LogP contribution < -0.4 is 11.1 Å². The van der Waals surface area contributed by atoms with E-state index in [9.17, 15) is 4.79 Å². The number of nitrogens with zero attached hydrogens (tertiary/aromatic N) is 1. The van der Waals surface area contributed by atoms with Crippen molar-refractivity contribution < 1.29 is 4.79 Å². The Morgan fingerprint density at radius 2 is 2.33 bits per heavy atom. The minimum atomic E-state index is 0.152. The Bertz CT molecular complexity index is 462. The molecular formula is C16H25N3OS. The van der Waals surface area contributed by atoms with Crippen LogP contribution in [-0.2, 0) is 11.2 Å². The van der Waals surface area contributed by atoms with Crippen LogP contribution in [0.1, 0.15) is 24.1 Å². The number of hydrogen-bond acceptors (Lipinski definition) is 4. The van der Waals surface area contributed by atoms with Crippen molar-refractivity contribution in [2.75, 3.05) is 26.2 Å². The molecule has 0 aromatic carbocycles. The minimum absolute atomic E-state index is 0.152. The summed E-state index contributed by atoms with van der Waals surface area (Å²) in [6.45, 7) is 3.32. The molecule has 3 rings (SSSR count). The predicted molar refractivity (Wildman–Crippen MR) is 86.3 cm³/mol. The minimum Gasteiger partial charge on any atom is -0.355 e. The van der Waals surface area contributed by atoms with Crippen LogP contribution in [0.4, 0.5) is 0 Å². The number of nitrogens with two attached hydrogens (primary N) is 1. The number of likely N-dealkylation sites (tertiary alicyclic amines) is 1. The standard InChI is InChI=1S/C16H25N3OS/c17-15-5-1-3-12-9-19(10-14(12)15)11-16(20)18-7-6-13-4-2-8-21-13/h2,4,8,12,14-15H,1,3,5-7,9-11,17H2,(H,18,20). The van der Waals surface area contributed by atoms with Gasteiger partial charge in [0.15, 0.2) is 0 Å². The third-order valence-corrected chi connectivity index (χ3v) is 5.81. The molecule has 3 unspecified atom stereocenters. The van der Waals surface area contributed by atoms with Gasteiger partial charge in [0.25, 0.3) is 0 Å². The van der Waals surface area contributed by atoms with Crippen LogP contribution in [0.25, 0.3) is 0 Å². The van der Waals surface area contributed by atoms with E-state index in [2.05, 4.69) is 27.7 Å². The van der Waals surface area contributed by atoms with Gasteiger partial charge in [-0.05, 0) is 42.5 Å². The number of fused-ring (bicyclic) bond motifs is 1. The number of nitrogens with one attached hydrogen (secondary N) is 1. The second kappa shape index (κ2) is 6.90. The number of hydrogen-bond donors (Lipinski definition) is 2. The first-order chi connectivity index (χ1) is 10.2. The molecule has 2 heterocycles. The third-order valence-electron chi connectivity index (χ3n) is 4.87. The largest absolute Gasteiger partial charge is 0.355 e. The van der Waals surface area contributed by atoms with Gasteiger partial charge in [0.05, 0.1) is 6.54 Å². The maximum absolute atomic E-state index is 12.0. The van der Waals surface area contributed by atoms with Gasteiger partial charge in [0.1, 0.15) is 0 Å². The fourth-order valence-corrected chi connectivity index (χ4v) is 4.49. The molecule has 1 saturated carbocycles. The van der Waals surface area contributed by atoms with Gasteiger partial charge in [0.2, 0.25) is 5.91 Å². The van der Waals surface area contributed by atoms with E-state index in [1.54, 1.807) is 11.3 Å². The van der Waals surface area contributed by atoms with E-state index < -0.39 is 0 Å². The van der Waals surface area contributed by atoms with Gasteiger partial charge in [-0.1, -0.05) is 12.5 Å². The van der Waals surface area contributed by atoms with E-state index >= 15 is 0 Å². The van der Waals surface area contributed by atoms with E-state index in [4.69, 9.17) is 5.73 Å². The second-order valence-corrected chi connectivity index (χ2v) is 7.42. The van der Waals surface area contributed by atoms with Crippen molar-refractivity contribution in [1.29, 1.82) is 0 Å². The van der Waals surface area contributed by atoms with Crippen LogP contribution in [0.15, 0.2) is 17.5 Å². The summed E-state index contributed by atoms with van der Waals surface area (Å²) >= 11 is 1.75. The summed E-state index contributed by atoms with van der Waals surface area (Å²) in [5.41, 5.74) is 6.22. The monoisotopic (exact) mass is 307 g/mol. The van der Waals surface area contributed by atoms with E-state index in [1.807, 2.05) is 0 Å². The zero-order valence-corrected chi connectivity index (χ0v) is 13.3. The maximum Gasteiger partial charge on any atom is 0.234 e. The fourth-order valence-electron chi connectivity index (χ4n) is 3.78. The average Bonchev–Trinajstić information content (AvgIpc) is 3.08. The number of rotatable bonds is 5. The van der Waals surface area contributed by atoms with E-state index in [0.717, 1.165) is 32.5 Å². The lowest BCUT2D eigenvalue weighted by Gasteiger charge is -2.29. The molecule has 5 heteroatoms. The highest BCUT2D eigenvalue weighted by atomic mass is 32.1. The van der Waals surface area contributed by atoms with Crippen molar-refractivity contribution in [3.63, 3.8) is 0 Å². The Morgan fingerprint density at radius 3 is 3.10 bits per heavy atom. The smallest absolute Gasteiger partial charge is 0.234 e. The summed E-state index contributed by atoms with van der Waals surface area (Å²) in [6, 6.07) is 4.51. The molecule has 3 N–H and O–H groups in total. The van der Waals surface area contributed by atoms with Crippen LogP contribution in [0.5, 0.6) is 0 Å². The summed E-state index contributed by atoms with van der Waals surface area (Å²) in [7, 11) is 0. The molecule has 2 fully saturated rings. The normalized spacial score (nSPS) is 29.3. The van der Waals surface area contributed by atoms with Gasteiger partial charge in [-0.15, -0.1) is 11.3 Å². The van der Waals surface area contributed by atoms with Crippen molar-refractivity contribution in [3.8, 4) is 0 Å². The molecule has 1 saturated heterocycles. The molecule has 1 aromatic rings. The first-order valence-corrected chi connectivity index (χ1v) is 8.87. The van der Waals surface area contributed by atoms with E-state index in [1.165, 1.54) is 17.7 Å². The first kappa shape index (κ1) is 15.0. The molecule has 0 spiro atoms. The highest BCUT2D eigenvalue weighted by molar-refractivity contribution is 7.09. The van der Waals surface area contributed by atoms with Crippen molar-refractivity contribution in [2.24, 2.45) is 17.6 Å². The van der Waals surface area contributed by atoms with Crippen LogP contribution >= 0.6 is 11.3 Å². The lowest BCUT2D eigenvalue weighted by molar-refractivity contribution is -0.122. The highest BCUT2D eigenvalue weighted by Gasteiger charge is 2.38. The molecule has 0 radical (unpaired) electrons. The zero-order chi connectivity index (χ0) is 14.7. The average molecular weight is 307 g/mol. The highest BCUT2D eigenvalue weighted by Crippen LogP contribution is 2.35. The summed E-state index contributed by atoms with van der Waals surface area (Å²) in [5, 5.41) is 5.11. The lowest BCUT2D eigenvalue weighted by atomic mass is 9.78. The molecule has 2 aliphatic rings. The maximum atomic E-state index is 12.0. The Hall–Kier alpha value is -0.910. The van der Waals surface area contributed by atoms with Crippen molar-refractivity contribution in [3.05, 3.63) is 22.4 Å². The second-order valence-electron chi connectivity index (χ2n) is 6.39. The van der Waals surface area contributed by atoms with E-state index in [-0.39, 0.29) is 5.91 Å². The molecule has 1 aliphatic heterocycles. The van der Waals surface area contributed by atoms with Crippen molar-refractivity contribution in [2.45, 2.75) is 31.7 Å². The number of thiophene rings is 1. The van der Waals surface area contributed by atoms with E-state index in [0.29, 0.717) is 24.4 Å². The first-order valence-electron chi connectivity index (χ1n) is 7.99. The van der Waals surface area contributed by atoms with Gasteiger partial charge < -0.3 is 11.1 Å². The molecular weight excluding hydrogens is 282 g/mol. The van der Waals surface area contributed by atoms with Gasteiger partial charge in [-0.2, -0.15) is 0 Å². The SMILES string of the molecule is NC1CCCC2CN(CC(=O)NCCc3cccs3)CC12. The molecule has 1 amide bonds. The third kappa shape index (κ3) is 3.84. The van der Waals surface area contributed by atoms with Gasteiger partial charge >= 0.3 is 0 Å². The van der Waals surface area contributed by atoms with Crippen molar-refractivity contribution >= 4 is 17.2 Å². The Kier molecular flexibility index (Phi) is 4.93. The van der Waals surface area contributed by atoms with Crippen molar-refractivity contribution in [1.82, 2.24) is 10.2 Å². The Balaban J connectivity index is 1.39. The quantitative estimate of drug-likeness (QED) is 0.866. The van der Waals surface area contributed by atoms with Crippen LogP contribution in [0, 0.1) is 11.8 Å². The number of carbonyl (C=O) groups is 1. The molecule has 116 valence electrons. The lowest BCUT2D eigenvalue weighted by Crippen LogP contribution is -2.39. The van der Waals surface area contributed by atoms with Crippen LogP contribution in [0.2, 0.25) is 0 Å². The van der Waals surface area contributed by atoms with Gasteiger partial charge in [-0.3, -0.25) is 9.69 Å². The summed E-state index contributed by atoms with van der Waals surface area (Å²) < 4.78 is 0. The Morgan fingerprint density at radius 1 is 1.43 bits per heavy atom. The zero-order valence-electron chi connectivity index (χ0n) is 12.5. The molecule has 0 bridgehead atoms. The van der Waals surface area contributed by atoms with Gasteiger partial charge in [-0.25, -0.2) is 0 Å². The predicted octanol–water partition coefficient (Wildman–Crippen LogP) is 1.47. The molecule has 3 atom stereocenters. The number of carbonyl (C=O) groups excluding carboxylic acids is 1. The van der Waals surface area contributed by atoms with Crippen LogP contribution in [0.3, 0.4) is 0 Å². The molecule has 1 aliphatic carbocycles. The molecule has 1 aromatic heterocycles. The summed E-state index contributed by atoms with van der Waals surface area (Å²) in [4.78, 5) is 15.7. The van der Waals surface area contributed by atoms with Gasteiger partial charge in [0, 0.05) is 30.6 Å². The number of amides is 1. The molecule has 21 heavy (non-hydrogen) atoms. The topological polar surface area (TPSA) is 58.4 Å². The fraction of sp³-hybridized carbons (Fsp3) is 0.688. The molecule has 4 nitrogen and oxygen atoms in total. The summed E-state index contributed by atoms with van der Waals surface area (Å²) in [6.07, 6.45) is 4.62. The van der Waals surface area contributed by atoms with Crippen LogP contribution in [-0.4, -0.2) is 43.0 Å².